The van der Waals surface area contributed by atoms with Crippen LogP contribution in [0.25, 0.3) is 0 Å². The van der Waals surface area contributed by atoms with Crippen molar-refractivity contribution in [1.29, 1.82) is 0 Å². The van der Waals surface area contributed by atoms with E-state index < -0.39 is 23.9 Å². The van der Waals surface area contributed by atoms with Crippen molar-refractivity contribution < 1.29 is 19.1 Å². The lowest BCUT2D eigenvalue weighted by Gasteiger charge is -2.15. The Kier molecular flexibility index (Phi) is 5.91. The third kappa shape index (κ3) is 5.25. The summed E-state index contributed by atoms with van der Waals surface area (Å²) in [4.78, 5) is 35.4. The molecule has 0 saturated heterocycles. The largest absolute Gasteiger partial charge is 0.452 e. The second kappa shape index (κ2) is 8.12. The number of carbonyl (C=O) groups excluding carboxylic acids is 3. The average Bonchev–Trinajstić information content (AvgIpc) is 3.05. The van der Waals surface area contributed by atoms with Crippen molar-refractivity contribution >= 4 is 17.8 Å². The molecular weight excluding hydrogens is 296 g/mol. The minimum atomic E-state index is -0.969. The molecule has 1 aliphatic rings. The molecule has 0 fully saturated rings. The molecule has 6 heteroatoms. The van der Waals surface area contributed by atoms with E-state index in [0.29, 0.717) is 5.56 Å². The number of esters is 1. The number of carbonyl (C=O) groups is 3. The molecule has 0 saturated carbocycles. The van der Waals surface area contributed by atoms with Crippen LogP contribution >= 0.6 is 0 Å². The van der Waals surface area contributed by atoms with Gasteiger partial charge in [-0.2, -0.15) is 0 Å². The van der Waals surface area contributed by atoms with Crippen LogP contribution in [0, 0.1) is 5.92 Å². The van der Waals surface area contributed by atoms with Gasteiger partial charge in [0.1, 0.15) is 0 Å². The first kappa shape index (κ1) is 16.7. The van der Waals surface area contributed by atoms with Crippen LogP contribution in [0.2, 0.25) is 0 Å². The maximum atomic E-state index is 11.8. The van der Waals surface area contributed by atoms with E-state index in [0.717, 1.165) is 12.8 Å². The SMILES string of the molecule is C[C@@H](OC(=O)C[C@@H]1C=CCC1)C(=O)NNC(=O)c1ccccc1. The van der Waals surface area contributed by atoms with E-state index in [4.69, 9.17) is 4.74 Å². The van der Waals surface area contributed by atoms with E-state index in [1.54, 1.807) is 30.3 Å². The zero-order chi connectivity index (χ0) is 16.7. The quantitative estimate of drug-likeness (QED) is 0.492. The normalized spacial score (nSPS) is 17.3. The fraction of sp³-hybridized carbons (Fsp3) is 0.353. The molecule has 0 bridgehead atoms. The van der Waals surface area contributed by atoms with Crippen LogP contribution in [0.3, 0.4) is 0 Å². The summed E-state index contributed by atoms with van der Waals surface area (Å²) in [6, 6.07) is 8.48. The first-order valence-electron chi connectivity index (χ1n) is 7.57. The molecule has 0 unspecified atom stereocenters. The summed E-state index contributed by atoms with van der Waals surface area (Å²) < 4.78 is 5.08. The lowest BCUT2D eigenvalue weighted by atomic mass is 10.1. The Balaban J connectivity index is 1.73. The van der Waals surface area contributed by atoms with Gasteiger partial charge in [-0.05, 0) is 37.8 Å². The number of allylic oxidation sites excluding steroid dienone is 2. The van der Waals surface area contributed by atoms with Crippen molar-refractivity contribution in [3.8, 4) is 0 Å². The Morgan fingerprint density at radius 3 is 2.61 bits per heavy atom. The van der Waals surface area contributed by atoms with Gasteiger partial charge in [0.15, 0.2) is 6.10 Å². The molecule has 23 heavy (non-hydrogen) atoms. The standard InChI is InChI=1S/C17H20N2O4/c1-12(23-15(20)11-13-7-5-6-8-13)16(21)18-19-17(22)14-9-3-2-4-10-14/h2-5,7,9-10,12-13H,6,8,11H2,1H3,(H,18,21)(H,19,22)/t12-,13-/m1/s1. The van der Waals surface area contributed by atoms with Crippen LogP contribution < -0.4 is 10.9 Å². The molecule has 1 aromatic carbocycles. The Morgan fingerprint density at radius 2 is 1.96 bits per heavy atom. The predicted octanol–water partition coefficient (Wildman–Crippen LogP) is 1.74. The van der Waals surface area contributed by atoms with Crippen molar-refractivity contribution in [1.82, 2.24) is 10.9 Å². The molecule has 1 aromatic rings. The van der Waals surface area contributed by atoms with Crippen molar-refractivity contribution in [2.45, 2.75) is 32.3 Å². The van der Waals surface area contributed by atoms with Crippen LogP contribution in [0.1, 0.15) is 36.5 Å². The molecular formula is C17H20N2O4. The smallest absolute Gasteiger partial charge is 0.307 e. The second-order valence-corrected chi connectivity index (χ2v) is 5.41. The lowest BCUT2D eigenvalue weighted by molar-refractivity contribution is -0.155. The van der Waals surface area contributed by atoms with Crippen LogP contribution in [0.4, 0.5) is 0 Å². The molecule has 122 valence electrons. The third-order valence-electron chi connectivity index (χ3n) is 3.55. The lowest BCUT2D eigenvalue weighted by Crippen LogP contribution is -2.46. The summed E-state index contributed by atoms with van der Waals surface area (Å²) >= 11 is 0. The fourth-order valence-electron chi connectivity index (χ4n) is 2.26. The van der Waals surface area contributed by atoms with E-state index in [9.17, 15) is 14.4 Å². The van der Waals surface area contributed by atoms with E-state index >= 15 is 0 Å². The van der Waals surface area contributed by atoms with Gasteiger partial charge in [-0.3, -0.25) is 25.2 Å². The number of rotatable bonds is 5. The molecule has 0 aromatic heterocycles. The Bertz CT molecular complexity index is 598. The molecule has 0 heterocycles. The number of hydrogen-bond acceptors (Lipinski definition) is 4. The molecule has 1 aliphatic carbocycles. The van der Waals surface area contributed by atoms with Gasteiger partial charge >= 0.3 is 5.97 Å². The summed E-state index contributed by atoms with van der Waals surface area (Å²) in [5, 5.41) is 0. The molecule has 6 nitrogen and oxygen atoms in total. The Hall–Kier alpha value is -2.63. The molecule has 0 spiro atoms. The van der Waals surface area contributed by atoms with Gasteiger partial charge in [0.05, 0.1) is 6.42 Å². The van der Waals surface area contributed by atoms with Gasteiger partial charge in [0.25, 0.3) is 11.8 Å². The van der Waals surface area contributed by atoms with Gasteiger partial charge in [0.2, 0.25) is 0 Å². The first-order valence-corrected chi connectivity index (χ1v) is 7.57. The van der Waals surface area contributed by atoms with E-state index in [1.807, 2.05) is 12.2 Å². The molecule has 2 atom stereocenters. The minimum Gasteiger partial charge on any atom is -0.452 e. The number of ether oxygens (including phenoxy) is 1. The van der Waals surface area contributed by atoms with Crippen molar-refractivity contribution in [3.05, 3.63) is 48.0 Å². The number of amides is 2. The number of benzene rings is 1. The highest BCUT2D eigenvalue weighted by Crippen LogP contribution is 2.20. The van der Waals surface area contributed by atoms with Gasteiger partial charge in [-0.15, -0.1) is 0 Å². The van der Waals surface area contributed by atoms with Crippen molar-refractivity contribution in [2.75, 3.05) is 0 Å². The predicted molar refractivity (Wildman–Crippen MR) is 84.1 cm³/mol. The Labute approximate surface area is 134 Å². The minimum absolute atomic E-state index is 0.190. The van der Waals surface area contributed by atoms with Crippen LogP contribution in [-0.2, 0) is 14.3 Å². The van der Waals surface area contributed by atoms with Crippen LogP contribution in [0.15, 0.2) is 42.5 Å². The summed E-state index contributed by atoms with van der Waals surface area (Å²) in [5.74, 6) is -1.24. The summed E-state index contributed by atoms with van der Waals surface area (Å²) in [6.45, 7) is 1.46. The maximum absolute atomic E-state index is 11.8. The Morgan fingerprint density at radius 1 is 1.22 bits per heavy atom. The van der Waals surface area contributed by atoms with Gasteiger partial charge in [-0.25, -0.2) is 0 Å². The zero-order valence-corrected chi connectivity index (χ0v) is 13.0. The van der Waals surface area contributed by atoms with Crippen LogP contribution in [-0.4, -0.2) is 23.9 Å². The topological polar surface area (TPSA) is 84.5 Å². The highest BCUT2D eigenvalue weighted by atomic mass is 16.5. The maximum Gasteiger partial charge on any atom is 0.307 e. The second-order valence-electron chi connectivity index (χ2n) is 5.41. The molecule has 0 aliphatic heterocycles. The van der Waals surface area contributed by atoms with E-state index in [1.165, 1.54) is 6.92 Å². The fourth-order valence-corrected chi connectivity index (χ4v) is 2.26. The van der Waals surface area contributed by atoms with Gasteiger partial charge < -0.3 is 4.74 Å². The number of nitrogens with one attached hydrogen (secondary N) is 2. The molecule has 2 amide bonds. The van der Waals surface area contributed by atoms with E-state index in [2.05, 4.69) is 10.9 Å². The van der Waals surface area contributed by atoms with Gasteiger partial charge in [-0.1, -0.05) is 30.4 Å². The average molecular weight is 316 g/mol. The highest BCUT2D eigenvalue weighted by molar-refractivity contribution is 5.95. The molecule has 0 radical (unpaired) electrons. The molecule has 2 N–H and O–H groups in total. The third-order valence-corrected chi connectivity index (χ3v) is 3.55. The number of hydrazine groups is 1. The molecule has 2 rings (SSSR count). The van der Waals surface area contributed by atoms with Crippen molar-refractivity contribution in [3.63, 3.8) is 0 Å². The summed E-state index contributed by atoms with van der Waals surface area (Å²) in [6.07, 6.45) is 5.23. The first-order chi connectivity index (χ1) is 11.1. The van der Waals surface area contributed by atoms with E-state index in [-0.39, 0.29) is 12.3 Å². The van der Waals surface area contributed by atoms with Crippen molar-refractivity contribution in [2.24, 2.45) is 5.92 Å². The zero-order valence-electron chi connectivity index (χ0n) is 13.0. The monoisotopic (exact) mass is 316 g/mol. The van der Waals surface area contributed by atoms with Gasteiger partial charge in [0, 0.05) is 5.56 Å². The summed E-state index contributed by atoms with van der Waals surface area (Å²) in [5.41, 5.74) is 4.96. The number of hydrogen-bond donors (Lipinski definition) is 2. The van der Waals surface area contributed by atoms with Crippen LogP contribution in [0.5, 0.6) is 0 Å². The summed E-state index contributed by atoms with van der Waals surface area (Å²) in [7, 11) is 0. The highest BCUT2D eigenvalue weighted by Gasteiger charge is 2.21.